The van der Waals surface area contributed by atoms with Crippen LogP contribution >= 0.6 is 0 Å². The highest BCUT2D eigenvalue weighted by Gasteiger charge is 2.20. The first kappa shape index (κ1) is 19.1. The van der Waals surface area contributed by atoms with Gasteiger partial charge in [-0.05, 0) is 33.0 Å². The first-order valence-corrected chi connectivity index (χ1v) is 10.3. The third kappa shape index (κ3) is 4.41. The van der Waals surface area contributed by atoms with E-state index in [0.717, 1.165) is 62.7 Å². The van der Waals surface area contributed by atoms with Gasteiger partial charge in [0.2, 0.25) is 5.91 Å². The molecular formula is C19H30N8O. The number of likely N-dealkylation sites (tertiary alicyclic amines) is 1. The van der Waals surface area contributed by atoms with Crippen molar-refractivity contribution >= 4 is 22.8 Å². The van der Waals surface area contributed by atoms with Gasteiger partial charge in [0.25, 0.3) is 0 Å². The lowest BCUT2D eigenvalue weighted by Crippen LogP contribution is -2.44. The topological polar surface area (TPSA) is 82.4 Å². The number of nitrogens with one attached hydrogen (secondary N) is 1. The quantitative estimate of drug-likeness (QED) is 0.758. The van der Waals surface area contributed by atoms with Gasteiger partial charge in [0.05, 0.1) is 11.6 Å². The minimum atomic E-state index is -0.0261. The molecule has 0 aromatic carbocycles. The fourth-order valence-corrected chi connectivity index (χ4v) is 3.99. The summed E-state index contributed by atoms with van der Waals surface area (Å²) in [5, 5.41) is 8.33. The van der Waals surface area contributed by atoms with E-state index in [-0.39, 0.29) is 12.5 Å². The van der Waals surface area contributed by atoms with Crippen molar-refractivity contribution in [3.8, 4) is 0 Å². The van der Waals surface area contributed by atoms with Gasteiger partial charge in [-0.1, -0.05) is 6.42 Å². The minimum Gasteiger partial charge on any atom is -0.353 e. The van der Waals surface area contributed by atoms with Gasteiger partial charge in [0.1, 0.15) is 18.7 Å². The zero-order valence-corrected chi connectivity index (χ0v) is 16.7. The van der Waals surface area contributed by atoms with Crippen LogP contribution in [0.3, 0.4) is 0 Å². The van der Waals surface area contributed by atoms with Gasteiger partial charge in [-0.15, -0.1) is 0 Å². The summed E-state index contributed by atoms with van der Waals surface area (Å²) in [5.41, 5.74) is 0.718. The van der Waals surface area contributed by atoms with Crippen LogP contribution in [0.2, 0.25) is 0 Å². The molecule has 0 unspecified atom stereocenters. The number of carbonyl (C=O) groups excluding carboxylic acids is 1. The smallest absolute Gasteiger partial charge is 0.241 e. The van der Waals surface area contributed by atoms with Crippen molar-refractivity contribution in [3.05, 3.63) is 12.5 Å². The number of aromatic nitrogens is 4. The number of fused-ring (bicyclic) bond motifs is 1. The summed E-state index contributed by atoms with van der Waals surface area (Å²) < 4.78 is 1.67. The summed E-state index contributed by atoms with van der Waals surface area (Å²) in [5.74, 6) is 0.886. The van der Waals surface area contributed by atoms with Crippen LogP contribution in [0.25, 0.3) is 11.0 Å². The van der Waals surface area contributed by atoms with E-state index in [1.807, 2.05) is 0 Å². The number of piperidine rings is 1. The van der Waals surface area contributed by atoms with Crippen LogP contribution in [0, 0.1) is 0 Å². The van der Waals surface area contributed by atoms with Crippen LogP contribution in [-0.2, 0) is 11.3 Å². The van der Waals surface area contributed by atoms with Crippen molar-refractivity contribution in [1.29, 1.82) is 0 Å². The van der Waals surface area contributed by atoms with E-state index in [1.54, 1.807) is 17.2 Å². The van der Waals surface area contributed by atoms with E-state index in [0.29, 0.717) is 6.54 Å². The molecule has 2 aliphatic rings. The van der Waals surface area contributed by atoms with Crippen LogP contribution in [0.15, 0.2) is 12.5 Å². The van der Waals surface area contributed by atoms with Gasteiger partial charge in [-0.3, -0.25) is 4.79 Å². The molecule has 2 aromatic rings. The maximum atomic E-state index is 12.4. The monoisotopic (exact) mass is 386 g/mol. The Morgan fingerprint density at radius 2 is 1.86 bits per heavy atom. The molecule has 9 heteroatoms. The largest absolute Gasteiger partial charge is 0.353 e. The molecule has 0 radical (unpaired) electrons. The summed E-state index contributed by atoms with van der Waals surface area (Å²) in [4.78, 5) is 28.2. The predicted octanol–water partition coefficient (Wildman–Crippen LogP) is 0.180. The Balaban J connectivity index is 1.36. The fraction of sp³-hybridized carbons (Fsp3) is 0.684. The number of likely N-dealkylation sites (N-methyl/N-ethyl adjacent to an activating group) is 1. The Bertz CT molecular complexity index is 792. The molecule has 1 N–H and O–H groups in total. The van der Waals surface area contributed by atoms with Gasteiger partial charge >= 0.3 is 0 Å². The Hall–Kier alpha value is -2.26. The lowest BCUT2D eigenvalue weighted by Gasteiger charge is -2.33. The van der Waals surface area contributed by atoms with Crippen LogP contribution in [0.4, 0.5) is 5.82 Å². The predicted molar refractivity (Wildman–Crippen MR) is 108 cm³/mol. The number of piperazine rings is 1. The Kier molecular flexibility index (Phi) is 6.01. The molecule has 2 saturated heterocycles. The van der Waals surface area contributed by atoms with Crippen molar-refractivity contribution in [2.75, 3.05) is 64.3 Å². The molecule has 152 valence electrons. The Morgan fingerprint density at radius 1 is 1.07 bits per heavy atom. The third-order valence-electron chi connectivity index (χ3n) is 5.71. The normalized spacial score (nSPS) is 19.2. The number of amides is 1. The van der Waals surface area contributed by atoms with Crippen molar-refractivity contribution in [2.24, 2.45) is 0 Å². The molecule has 2 aromatic heterocycles. The van der Waals surface area contributed by atoms with E-state index in [4.69, 9.17) is 0 Å². The maximum Gasteiger partial charge on any atom is 0.241 e. The van der Waals surface area contributed by atoms with E-state index in [1.165, 1.54) is 19.3 Å². The first-order chi connectivity index (χ1) is 13.7. The molecule has 0 aliphatic carbocycles. The molecule has 0 spiro atoms. The molecular weight excluding hydrogens is 356 g/mol. The SMILES string of the molecule is CN1CCN(c2ncnc3c2cnn3CC(=O)NCCN2CCCCC2)CC1. The second-order valence-corrected chi connectivity index (χ2v) is 7.78. The summed E-state index contributed by atoms with van der Waals surface area (Å²) in [6.45, 7) is 7.97. The second-order valence-electron chi connectivity index (χ2n) is 7.78. The number of hydrogen-bond acceptors (Lipinski definition) is 7. The van der Waals surface area contributed by atoms with Crippen molar-refractivity contribution in [3.63, 3.8) is 0 Å². The highest BCUT2D eigenvalue weighted by atomic mass is 16.2. The van der Waals surface area contributed by atoms with E-state index < -0.39 is 0 Å². The third-order valence-corrected chi connectivity index (χ3v) is 5.71. The molecule has 0 bridgehead atoms. The number of hydrogen-bond donors (Lipinski definition) is 1. The molecule has 1 amide bonds. The molecule has 4 rings (SSSR count). The molecule has 28 heavy (non-hydrogen) atoms. The Morgan fingerprint density at radius 3 is 2.64 bits per heavy atom. The highest BCUT2D eigenvalue weighted by molar-refractivity contribution is 5.87. The number of carbonyl (C=O) groups is 1. The van der Waals surface area contributed by atoms with Crippen LogP contribution in [0.5, 0.6) is 0 Å². The molecule has 0 saturated carbocycles. The average Bonchev–Trinajstić information content (AvgIpc) is 3.12. The second kappa shape index (κ2) is 8.83. The minimum absolute atomic E-state index is 0.0261. The van der Waals surface area contributed by atoms with Gasteiger partial charge in [-0.25, -0.2) is 14.6 Å². The zero-order valence-electron chi connectivity index (χ0n) is 16.7. The lowest BCUT2D eigenvalue weighted by molar-refractivity contribution is -0.121. The molecule has 4 heterocycles. The van der Waals surface area contributed by atoms with Crippen molar-refractivity contribution in [2.45, 2.75) is 25.8 Å². The first-order valence-electron chi connectivity index (χ1n) is 10.3. The van der Waals surface area contributed by atoms with Crippen LogP contribution < -0.4 is 10.2 Å². The molecule has 9 nitrogen and oxygen atoms in total. The van der Waals surface area contributed by atoms with Gasteiger partial charge in [0, 0.05) is 39.3 Å². The van der Waals surface area contributed by atoms with E-state index >= 15 is 0 Å². The van der Waals surface area contributed by atoms with Crippen LogP contribution in [-0.4, -0.2) is 94.9 Å². The molecule has 0 atom stereocenters. The van der Waals surface area contributed by atoms with E-state index in [2.05, 4.69) is 42.1 Å². The van der Waals surface area contributed by atoms with Gasteiger partial charge in [0.15, 0.2) is 5.65 Å². The molecule has 2 aliphatic heterocycles. The number of anilines is 1. The number of nitrogens with zero attached hydrogens (tertiary/aromatic N) is 7. The summed E-state index contributed by atoms with van der Waals surface area (Å²) in [7, 11) is 2.13. The Labute approximate surface area is 165 Å². The lowest BCUT2D eigenvalue weighted by atomic mass is 10.1. The van der Waals surface area contributed by atoms with Crippen molar-refractivity contribution < 1.29 is 4.79 Å². The number of rotatable bonds is 6. The van der Waals surface area contributed by atoms with Gasteiger partial charge < -0.3 is 20.0 Å². The van der Waals surface area contributed by atoms with E-state index in [9.17, 15) is 4.79 Å². The highest BCUT2D eigenvalue weighted by Crippen LogP contribution is 2.23. The van der Waals surface area contributed by atoms with Crippen molar-refractivity contribution in [1.82, 2.24) is 34.9 Å². The summed E-state index contributed by atoms with van der Waals surface area (Å²) in [6.07, 6.45) is 7.21. The summed E-state index contributed by atoms with van der Waals surface area (Å²) in [6, 6.07) is 0. The molecule has 2 fully saturated rings. The zero-order chi connectivity index (χ0) is 19.3. The average molecular weight is 387 g/mol. The maximum absolute atomic E-state index is 12.4. The fourth-order valence-electron chi connectivity index (χ4n) is 3.99. The van der Waals surface area contributed by atoms with Gasteiger partial charge in [-0.2, -0.15) is 5.10 Å². The standard InChI is InChI=1S/C19H30N8O/c1-24-9-11-26(12-10-24)18-16-13-23-27(19(16)22-15-21-18)14-17(28)20-5-8-25-6-3-2-4-7-25/h13,15H,2-12,14H2,1H3,(H,20,28). The summed E-state index contributed by atoms with van der Waals surface area (Å²) >= 11 is 0. The van der Waals surface area contributed by atoms with Crippen LogP contribution in [0.1, 0.15) is 19.3 Å².